The van der Waals surface area contributed by atoms with Crippen molar-refractivity contribution in [2.24, 2.45) is 0 Å². The molecule has 0 fully saturated rings. The van der Waals surface area contributed by atoms with Gasteiger partial charge in [0.05, 0.1) is 11.0 Å². The summed E-state index contributed by atoms with van der Waals surface area (Å²) >= 11 is 1.85. The average molecular weight is 190 g/mol. The molecule has 1 aliphatic rings. The fourth-order valence-corrected chi connectivity index (χ4v) is 2.78. The third-order valence-electron chi connectivity index (χ3n) is 2.49. The van der Waals surface area contributed by atoms with Crippen LogP contribution in [0.2, 0.25) is 0 Å². The second-order valence-electron chi connectivity index (χ2n) is 3.34. The zero-order valence-electron chi connectivity index (χ0n) is 7.45. The van der Waals surface area contributed by atoms with Crippen LogP contribution in [-0.4, -0.2) is 15.3 Å². The Labute approximate surface area is 81.0 Å². The third kappa shape index (κ3) is 0.936. The highest BCUT2D eigenvalue weighted by atomic mass is 32.2. The molecule has 0 aliphatic carbocycles. The van der Waals surface area contributed by atoms with Gasteiger partial charge in [-0.25, -0.2) is 4.98 Å². The first kappa shape index (κ1) is 7.44. The number of imidazole rings is 1. The summed E-state index contributed by atoms with van der Waals surface area (Å²) in [5.74, 6) is 1.17. The van der Waals surface area contributed by atoms with E-state index < -0.39 is 0 Å². The normalized spacial score (nSPS) is 15.2. The molecule has 0 bridgehead atoms. The minimum Gasteiger partial charge on any atom is -0.318 e. The molecule has 0 amide bonds. The van der Waals surface area contributed by atoms with E-state index in [4.69, 9.17) is 0 Å². The van der Waals surface area contributed by atoms with Crippen molar-refractivity contribution in [2.45, 2.75) is 18.6 Å². The summed E-state index contributed by atoms with van der Waals surface area (Å²) in [5, 5.41) is 1.18. The van der Waals surface area contributed by atoms with Gasteiger partial charge in [-0.3, -0.25) is 0 Å². The van der Waals surface area contributed by atoms with E-state index in [1.807, 2.05) is 11.8 Å². The van der Waals surface area contributed by atoms with Gasteiger partial charge in [-0.15, -0.1) is 0 Å². The Balaban J connectivity index is 2.44. The van der Waals surface area contributed by atoms with E-state index in [-0.39, 0.29) is 0 Å². The average Bonchev–Trinajstić information content (AvgIpc) is 2.65. The fraction of sp³-hybridized carbons (Fsp3) is 0.300. The number of hydrogen-bond acceptors (Lipinski definition) is 2. The Bertz CT molecular complexity index is 473. The van der Waals surface area contributed by atoms with Gasteiger partial charge >= 0.3 is 0 Å². The first-order valence-electron chi connectivity index (χ1n) is 4.45. The number of fused-ring (bicyclic) bond motifs is 3. The molecule has 2 nitrogen and oxygen atoms in total. The third-order valence-corrected chi connectivity index (χ3v) is 3.45. The second-order valence-corrected chi connectivity index (χ2v) is 4.40. The standard InChI is InChI=1S/C10H10N2S/c1-7-3-2-4-8-9(7)11-10-12(8)5-6-13-10/h2-4H,5-6H2,1H3. The van der Waals surface area contributed by atoms with Crippen molar-refractivity contribution in [2.75, 3.05) is 5.75 Å². The van der Waals surface area contributed by atoms with Crippen molar-refractivity contribution in [3.8, 4) is 0 Å². The first-order chi connectivity index (χ1) is 6.36. The zero-order valence-corrected chi connectivity index (χ0v) is 8.27. The largest absolute Gasteiger partial charge is 0.318 e. The SMILES string of the molecule is Cc1cccc2c1nc1n2CCS1. The number of para-hydroxylation sites is 1. The number of hydrogen-bond donors (Lipinski definition) is 0. The second kappa shape index (κ2) is 2.51. The molecule has 66 valence electrons. The van der Waals surface area contributed by atoms with Crippen molar-refractivity contribution in [1.29, 1.82) is 0 Å². The van der Waals surface area contributed by atoms with Crippen molar-refractivity contribution in [3.05, 3.63) is 23.8 Å². The minimum absolute atomic E-state index is 1.11. The molecule has 0 saturated carbocycles. The molecule has 0 spiro atoms. The monoisotopic (exact) mass is 190 g/mol. The highest BCUT2D eigenvalue weighted by Crippen LogP contribution is 2.30. The Morgan fingerprint density at radius 1 is 1.46 bits per heavy atom. The van der Waals surface area contributed by atoms with E-state index in [1.165, 1.54) is 27.5 Å². The maximum atomic E-state index is 4.62. The van der Waals surface area contributed by atoms with Crippen molar-refractivity contribution < 1.29 is 0 Å². The lowest BCUT2D eigenvalue weighted by Gasteiger charge is -1.97. The highest BCUT2D eigenvalue weighted by Gasteiger charge is 2.16. The smallest absolute Gasteiger partial charge is 0.169 e. The molecule has 2 heterocycles. The van der Waals surface area contributed by atoms with Crippen LogP contribution in [0.4, 0.5) is 0 Å². The first-order valence-corrected chi connectivity index (χ1v) is 5.43. The van der Waals surface area contributed by atoms with Crippen LogP contribution in [-0.2, 0) is 6.54 Å². The predicted molar refractivity (Wildman–Crippen MR) is 55.2 cm³/mol. The van der Waals surface area contributed by atoms with Crippen LogP contribution in [0.15, 0.2) is 23.4 Å². The van der Waals surface area contributed by atoms with Gasteiger partial charge in [-0.05, 0) is 18.6 Å². The molecule has 3 rings (SSSR count). The van der Waals surface area contributed by atoms with E-state index in [9.17, 15) is 0 Å². The molecule has 3 heteroatoms. The summed E-state index contributed by atoms with van der Waals surface area (Å²) in [6.07, 6.45) is 0. The van der Waals surface area contributed by atoms with Gasteiger partial charge in [0, 0.05) is 12.3 Å². The molecule has 0 saturated heterocycles. The Morgan fingerprint density at radius 2 is 2.38 bits per heavy atom. The van der Waals surface area contributed by atoms with E-state index in [0.29, 0.717) is 0 Å². The van der Waals surface area contributed by atoms with E-state index in [2.05, 4.69) is 34.7 Å². The number of aryl methyl sites for hydroxylation is 2. The van der Waals surface area contributed by atoms with E-state index >= 15 is 0 Å². The van der Waals surface area contributed by atoms with Crippen LogP contribution in [0.1, 0.15) is 5.56 Å². The lowest BCUT2D eigenvalue weighted by Crippen LogP contribution is -1.92. The summed E-state index contributed by atoms with van der Waals surface area (Å²) in [6.45, 7) is 3.23. The molecule has 2 aromatic rings. The van der Waals surface area contributed by atoms with Crippen molar-refractivity contribution in [1.82, 2.24) is 9.55 Å². The van der Waals surface area contributed by atoms with Crippen LogP contribution in [0.3, 0.4) is 0 Å². The summed E-state index contributed by atoms with van der Waals surface area (Å²) in [4.78, 5) is 4.62. The van der Waals surface area contributed by atoms with Gasteiger partial charge in [0.2, 0.25) is 0 Å². The van der Waals surface area contributed by atoms with Crippen molar-refractivity contribution in [3.63, 3.8) is 0 Å². The van der Waals surface area contributed by atoms with Crippen molar-refractivity contribution >= 4 is 22.8 Å². The molecular weight excluding hydrogens is 180 g/mol. The maximum Gasteiger partial charge on any atom is 0.169 e. The van der Waals surface area contributed by atoms with E-state index in [1.54, 1.807) is 0 Å². The van der Waals surface area contributed by atoms with Gasteiger partial charge in [-0.2, -0.15) is 0 Å². The van der Waals surface area contributed by atoms with Gasteiger partial charge < -0.3 is 4.57 Å². The number of thioether (sulfide) groups is 1. The summed E-state index contributed by atoms with van der Waals surface area (Å²) in [6, 6.07) is 6.38. The number of nitrogens with zero attached hydrogens (tertiary/aromatic N) is 2. The van der Waals surface area contributed by atoms with Gasteiger partial charge in [0.1, 0.15) is 0 Å². The van der Waals surface area contributed by atoms with Crippen LogP contribution >= 0.6 is 11.8 Å². The molecular formula is C10H10N2S. The van der Waals surface area contributed by atoms with Crippen LogP contribution in [0.5, 0.6) is 0 Å². The Kier molecular flexibility index (Phi) is 1.44. The van der Waals surface area contributed by atoms with E-state index in [0.717, 1.165) is 6.54 Å². The summed E-state index contributed by atoms with van der Waals surface area (Å²) < 4.78 is 2.31. The summed E-state index contributed by atoms with van der Waals surface area (Å²) in [7, 11) is 0. The molecule has 0 N–H and O–H groups in total. The fourth-order valence-electron chi connectivity index (χ4n) is 1.82. The van der Waals surface area contributed by atoms with Gasteiger partial charge in [-0.1, -0.05) is 23.9 Å². The van der Waals surface area contributed by atoms with Gasteiger partial charge in [0.15, 0.2) is 5.16 Å². The molecule has 0 atom stereocenters. The minimum atomic E-state index is 1.11. The highest BCUT2D eigenvalue weighted by molar-refractivity contribution is 7.99. The lowest BCUT2D eigenvalue weighted by atomic mass is 10.2. The number of benzene rings is 1. The Hall–Kier alpha value is -0.960. The number of rotatable bonds is 0. The molecule has 0 unspecified atom stereocenters. The topological polar surface area (TPSA) is 17.8 Å². The maximum absolute atomic E-state index is 4.62. The molecule has 1 aliphatic heterocycles. The quantitative estimate of drug-likeness (QED) is 0.635. The van der Waals surface area contributed by atoms with Crippen LogP contribution in [0.25, 0.3) is 11.0 Å². The van der Waals surface area contributed by atoms with Crippen LogP contribution < -0.4 is 0 Å². The van der Waals surface area contributed by atoms with Crippen LogP contribution in [0, 0.1) is 6.92 Å². The molecule has 1 aromatic carbocycles. The lowest BCUT2D eigenvalue weighted by molar-refractivity contribution is 0.743. The molecule has 13 heavy (non-hydrogen) atoms. The number of aromatic nitrogens is 2. The molecule has 1 aromatic heterocycles. The zero-order chi connectivity index (χ0) is 8.84. The summed E-state index contributed by atoms with van der Waals surface area (Å²) in [5.41, 5.74) is 3.74. The van der Waals surface area contributed by atoms with Gasteiger partial charge in [0.25, 0.3) is 0 Å². The predicted octanol–water partition coefficient (Wildman–Crippen LogP) is 2.45. The Morgan fingerprint density at radius 3 is 3.31 bits per heavy atom. The molecule has 0 radical (unpaired) electrons.